The number of nitrogens with one attached hydrogen (secondary N) is 2. The lowest BCUT2D eigenvalue weighted by Gasteiger charge is -2.02. The monoisotopic (exact) mass is 366 g/mol. The quantitative estimate of drug-likeness (QED) is 0.509. The van der Waals surface area contributed by atoms with E-state index in [-0.39, 0.29) is 5.82 Å². The van der Waals surface area contributed by atoms with Crippen molar-refractivity contribution in [3.8, 4) is 0 Å². The average Bonchev–Trinajstić information content (AvgIpc) is 3.26. The van der Waals surface area contributed by atoms with Crippen molar-refractivity contribution < 1.29 is 4.39 Å². The van der Waals surface area contributed by atoms with Crippen LogP contribution >= 0.6 is 11.3 Å². The number of hydrogen-bond acceptors (Lipinski definition) is 4. The molecule has 0 aliphatic carbocycles. The summed E-state index contributed by atoms with van der Waals surface area (Å²) in [5, 5.41) is 5.42. The highest BCUT2D eigenvalue weighted by Gasteiger charge is 2.13. The third kappa shape index (κ3) is 3.46. The van der Waals surface area contributed by atoms with Crippen molar-refractivity contribution in [3.63, 3.8) is 0 Å². The minimum atomic E-state index is -0.216. The van der Waals surface area contributed by atoms with Gasteiger partial charge in [0.15, 0.2) is 5.13 Å². The van der Waals surface area contributed by atoms with E-state index in [4.69, 9.17) is 4.98 Å². The van der Waals surface area contributed by atoms with Crippen LogP contribution in [0, 0.1) is 5.82 Å². The maximum absolute atomic E-state index is 13.0. The van der Waals surface area contributed by atoms with Crippen molar-refractivity contribution in [1.82, 2.24) is 15.0 Å². The molecule has 3 aromatic heterocycles. The number of aryl methyl sites for hydroxylation is 1. The van der Waals surface area contributed by atoms with Gasteiger partial charge in [-0.3, -0.25) is 0 Å². The highest BCUT2D eigenvalue weighted by Crippen LogP contribution is 2.28. The summed E-state index contributed by atoms with van der Waals surface area (Å²) in [5.41, 5.74) is 4.30. The van der Waals surface area contributed by atoms with Gasteiger partial charge in [-0.1, -0.05) is 19.1 Å². The minimum absolute atomic E-state index is 0.216. The number of H-pyrrole nitrogens is 1. The lowest BCUT2D eigenvalue weighted by molar-refractivity contribution is 0.627. The molecule has 0 aliphatic heterocycles. The Labute approximate surface area is 155 Å². The molecule has 0 amide bonds. The Balaban J connectivity index is 1.52. The summed E-state index contributed by atoms with van der Waals surface area (Å²) in [7, 11) is 0. The van der Waals surface area contributed by atoms with E-state index >= 15 is 0 Å². The molecule has 6 heteroatoms. The van der Waals surface area contributed by atoms with Gasteiger partial charge in [0.25, 0.3) is 0 Å². The normalized spacial score (nSPS) is 11.2. The number of rotatable bonds is 6. The van der Waals surface area contributed by atoms with Gasteiger partial charge in [-0.15, -0.1) is 11.3 Å². The Morgan fingerprint density at radius 1 is 1.19 bits per heavy atom. The molecule has 4 nitrogen and oxygen atoms in total. The summed E-state index contributed by atoms with van der Waals surface area (Å²) in [4.78, 5) is 13.6. The van der Waals surface area contributed by atoms with E-state index < -0.39 is 0 Å². The van der Waals surface area contributed by atoms with Crippen molar-refractivity contribution in [2.75, 3.05) is 5.32 Å². The molecule has 0 saturated heterocycles. The average molecular weight is 366 g/mol. The highest BCUT2D eigenvalue weighted by molar-refractivity contribution is 7.15. The summed E-state index contributed by atoms with van der Waals surface area (Å²) >= 11 is 1.68. The number of nitrogens with zero attached hydrogens (tertiary/aromatic N) is 2. The fourth-order valence-corrected chi connectivity index (χ4v) is 4.05. The second-order valence-electron chi connectivity index (χ2n) is 6.11. The maximum atomic E-state index is 13.0. The van der Waals surface area contributed by atoms with Gasteiger partial charge < -0.3 is 10.3 Å². The molecule has 1 aromatic carbocycles. The number of anilines is 1. The molecule has 0 atom stereocenters. The van der Waals surface area contributed by atoms with Gasteiger partial charge in [0.05, 0.1) is 5.69 Å². The first kappa shape index (κ1) is 16.7. The van der Waals surface area contributed by atoms with Crippen molar-refractivity contribution >= 4 is 27.5 Å². The Kier molecular flexibility index (Phi) is 4.67. The topological polar surface area (TPSA) is 53.6 Å². The fourth-order valence-electron chi connectivity index (χ4n) is 2.99. The molecule has 0 aliphatic rings. The van der Waals surface area contributed by atoms with Crippen LogP contribution in [-0.2, 0) is 19.4 Å². The molecule has 4 rings (SSSR count). The molecule has 0 fully saturated rings. The van der Waals surface area contributed by atoms with Crippen molar-refractivity contribution in [1.29, 1.82) is 0 Å². The van der Waals surface area contributed by atoms with E-state index in [2.05, 4.69) is 28.3 Å². The van der Waals surface area contributed by atoms with Gasteiger partial charge in [-0.05, 0) is 41.8 Å². The van der Waals surface area contributed by atoms with Crippen LogP contribution in [0.1, 0.15) is 28.6 Å². The number of aromatic nitrogens is 3. The first-order chi connectivity index (χ1) is 12.7. The van der Waals surface area contributed by atoms with E-state index in [0.717, 1.165) is 40.3 Å². The number of benzene rings is 1. The summed E-state index contributed by atoms with van der Waals surface area (Å²) in [6.45, 7) is 2.76. The predicted octanol–water partition coefficient (Wildman–Crippen LogP) is 4.92. The van der Waals surface area contributed by atoms with Crippen molar-refractivity contribution in [2.24, 2.45) is 0 Å². The predicted molar refractivity (Wildman–Crippen MR) is 104 cm³/mol. The summed E-state index contributed by atoms with van der Waals surface area (Å²) in [6, 6.07) is 10.6. The van der Waals surface area contributed by atoms with E-state index in [0.29, 0.717) is 6.54 Å². The van der Waals surface area contributed by atoms with Crippen LogP contribution in [0.4, 0.5) is 9.52 Å². The van der Waals surface area contributed by atoms with Crippen LogP contribution in [0.3, 0.4) is 0 Å². The fraction of sp³-hybridized carbons (Fsp3) is 0.200. The molecule has 0 spiro atoms. The lowest BCUT2D eigenvalue weighted by Crippen LogP contribution is -1.99. The summed E-state index contributed by atoms with van der Waals surface area (Å²) in [6.07, 6.45) is 5.56. The maximum Gasteiger partial charge on any atom is 0.183 e. The van der Waals surface area contributed by atoms with Crippen molar-refractivity contribution in [2.45, 2.75) is 26.3 Å². The second kappa shape index (κ2) is 7.25. The van der Waals surface area contributed by atoms with Crippen LogP contribution in [0.15, 0.2) is 48.8 Å². The molecule has 2 N–H and O–H groups in total. The molecule has 132 valence electrons. The van der Waals surface area contributed by atoms with E-state index in [1.165, 1.54) is 22.6 Å². The first-order valence-electron chi connectivity index (χ1n) is 8.61. The molecule has 4 aromatic rings. The smallest absolute Gasteiger partial charge is 0.183 e. The third-order valence-electron chi connectivity index (χ3n) is 4.36. The van der Waals surface area contributed by atoms with Crippen LogP contribution < -0.4 is 5.32 Å². The number of pyridine rings is 1. The molecule has 3 heterocycles. The number of thiazole rings is 1. The summed E-state index contributed by atoms with van der Waals surface area (Å²) < 4.78 is 13.0. The second-order valence-corrected chi connectivity index (χ2v) is 7.20. The van der Waals surface area contributed by atoms with Crippen LogP contribution in [0.5, 0.6) is 0 Å². The van der Waals surface area contributed by atoms with Gasteiger partial charge in [0, 0.05) is 35.6 Å². The highest BCUT2D eigenvalue weighted by atomic mass is 32.1. The van der Waals surface area contributed by atoms with Crippen molar-refractivity contribution in [3.05, 3.63) is 76.3 Å². The molecule has 0 saturated carbocycles. The number of hydrogen-bond donors (Lipinski definition) is 2. The first-order valence-corrected chi connectivity index (χ1v) is 9.42. The SMILES string of the molecule is CCc1nc(NCc2ccc(F)cc2)sc1Cc1c[nH]c2ncccc12. The zero-order valence-corrected chi connectivity index (χ0v) is 15.2. The molecule has 0 unspecified atom stereocenters. The standard InChI is InChI=1S/C20H19FN4S/c1-2-17-18(10-14-12-23-19-16(14)4-3-9-22-19)26-20(25-17)24-11-13-5-7-15(21)8-6-13/h3-9,12H,2,10-11H2,1H3,(H,22,23)(H,24,25). The van der Waals surface area contributed by atoms with Gasteiger partial charge in [-0.25, -0.2) is 14.4 Å². The molecule has 0 radical (unpaired) electrons. The van der Waals surface area contributed by atoms with Crippen LogP contribution in [-0.4, -0.2) is 15.0 Å². The van der Waals surface area contributed by atoms with Crippen LogP contribution in [0.2, 0.25) is 0 Å². The largest absolute Gasteiger partial charge is 0.357 e. The minimum Gasteiger partial charge on any atom is -0.357 e. The molecular weight excluding hydrogens is 347 g/mol. The van der Waals surface area contributed by atoms with Gasteiger partial charge in [-0.2, -0.15) is 0 Å². The van der Waals surface area contributed by atoms with E-state index in [9.17, 15) is 4.39 Å². The zero-order valence-electron chi connectivity index (χ0n) is 14.4. The Morgan fingerprint density at radius 3 is 2.85 bits per heavy atom. The Hall–Kier alpha value is -2.73. The van der Waals surface area contributed by atoms with Gasteiger partial charge in [0.2, 0.25) is 0 Å². The Morgan fingerprint density at radius 2 is 2.04 bits per heavy atom. The number of fused-ring (bicyclic) bond motifs is 1. The molecule has 0 bridgehead atoms. The van der Waals surface area contributed by atoms with Gasteiger partial charge >= 0.3 is 0 Å². The third-order valence-corrected chi connectivity index (χ3v) is 5.41. The van der Waals surface area contributed by atoms with E-state index in [1.54, 1.807) is 29.7 Å². The Bertz CT molecular complexity index is 1020. The number of aromatic amines is 1. The molecular formula is C20H19FN4S. The number of halogens is 1. The molecule has 26 heavy (non-hydrogen) atoms. The summed E-state index contributed by atoms with van der Waals surface area (Å²) in [5.74, 6) is -0.216. The van der Waals surface area contributed by atoms with E-state index in [1.807, 2.05) is 12.3 Å². The lowest BCUT2D eigenvalue weighted by atomic mass is 10.1. The van der Waals surface area contributed by atoms with Crippen LogP contribution in [0.25, 0.3) is 11.0 Å². The van der Waals surface area contributed by atoms with Gasteiger partial charge in [0.1, 0.15) is 11.5 Å². The zero-order chi connectivity index (χ0) is 17.9.